The molecule has 0 aliphatic carbocycles. The van der Waals surface area contributed by atoms with Gasteiger partial charge in [0.2, 0.25) is 5.91 Å². The van der Waals surface area contributed by atoms with Gasteiger partial charge in [-0.05, 0) is 32.3 Å². The second-order valence-corrected chi connectivity index (χ2v) is 6.82. The van der Waals surface area contributed by atoms with Gasteiger partial charge in [-0.15, -0.1) is 0 Å². The molecule has 0 fully saturated rings. The lowest BCUT2D eigenvalue weighted by Crippen LogP contribution is -2.35. The highest BCUT2D eigenvalue weighted by atomic mass is 16.2. The third-order valence-electron chi connectivity index (χ3n) is 4.74. The molecule has 6 heteroatoms. The lowest BCUT2D eigenvalue weighted by molar-refractivity contribution is -0.131. The third kappa shape index (κ3) is 3.69. The number of aromatic amines is 1. The van der Waals surface area contributed by atoms with Crippen molar-refractivity contribution in [3.63, 3.8) is 0 Å². The Labute approximate surface area is 148 Å². The minimum atomic E-state index is -0.0593. The number of nitrogens with zero attached hydrogens (tertiary/aromatic N) is 2. The molecule has 25 heavy (non-hydrogen) atoms. The Bertz CT molecular complexity index is 794. The zero-order valence-electron chi connectivity index (χ0n) is 15.2. The van der Waals surface area contributed by atoms with Crippen LogP contribution in [0, 0.1) is 0 Å². The van der Waals surface area contributed by atoms with E-state index in [9.17, 15) is 9.59 Å². The molecule has 2 N–H and O–H groups in total. The highest BCUT2D eigenvalue weighted by Gasteiger charge is 2.23. The van der Waals surface area contributed by atoms with Gasteiger partial charge < -0.3 is 20.1 Å². The molecule has 1 aliphatic heterocycles. The average Bonchev–Trinajstić information content (AvgIpc) is 2.97. The number of aromatic nitrogens is 1. The molecule has 0 unspecified atom stereocenters. The Morgan fingerprint density at radius 1 is 1.32 bits per heavy atom. The second kappa shape index (κ2) is 7.27. The van der Waals surface area contributed by atoms with Crippen molar-refractivity contribution in [2.75, 3.05) is 33.7 Å². The predicted molar refractivity (Wildman–Crippen MR) is 98.6 cm³/mol. The van der Waals surface area contributed by atoms with Gasteiger partial charge in [-0.2, -0.15) is 0 Å². The Kier molecular flexibility index (Phi) is 5.08. The quantitative estimate of drug-likeness (QED) is 0.870. The summed E-state index contributed by atoms with van der Waals surface area (Å²) in [6.07, 6.45) is 1.36. The van der Waals surface area contributed by atoms with Crippen LogP contribution >= 0.6 is 0 Å². The van der Waals surface area contributed by atoms with E-state index >= 15 is 0 Å². The van der Waals surface area contributed by atoms with Crippen molar-refractivity contribution in [2.24, 2.45) is 0 Å². The van der Waals surface area contributed by atoms with Crippen LogP contribution in [0.15, 0.2) is 18.2 Å². The SMILES string of the molecule is CCC(=O)N1CCc2[nH]c3ccc(C(=O)NCCN(C)C)cc3c2C1. The van der Waals surface area contributed by atoms with Crippen molar-refractivity contribution < 1.29 is 9.59 Å². The summed E-state index contributed by atoms with van der Waals surface area (Å²) < 4.78 is 0. The van der Waals surface area contributed by atoms with Crippen molar-refractivity contribution >= 4 is 22.7 Å². The summed E-state index contributed by atoms with van der Waals surface area (Å²) >= 11 is 0. The number of likely N-dealkylation sites (N-methyl/N-ethyl adjacent to an activating group) is 1. The zero-order chi connectivity index (χ0) is 18.0. The predicted octanol–water partition coefficient (Wildman–Crippen LogP) is 1.75. The molecule has 1 aromatic heterocycles. The van der Waals surface area contributed by atoms with Gasteiger partial charge in [0.05, 0.1) is 0 Å². The minimum absolute atomic E-state index is 0.0593. The van der Waals surface area contributed by atoms with E-state index in [-0.39, 0.29) is 11.8 Å². The Morgan fingerprint density at radius 2 is 2.12 bits per heavy atom. The van der Waals surface area contributed by atoms with Gasteiger partial charge in [-0.25, -0.2) is 0 Å². The summed E-state index contributed by atoms with van der Waals surface area (Å²) in [6, 6.07) is 5.75. The highest BCUT2D eigenvalue weighted by molar-refractivity contribution is 5.99. The fraction of sp³-hybridized carbons (Fsp3) is 0.474. The molecule has 0 saturated heterocycles. The molecular formula is C19H26N4O2. The summed E-state index contributed by atoms with van der Waals surface area (Å²) in [4.78, 5) is 31.8. The number of nitrogens with one attached hydrogen (secondary N) is 2. The molecule has 2 heterocycles. The third-order valence-corrected chi connectivity index (χ3v) is 4.74. The van der Waals surface area contributed by atoms with E-state index in [1.807, 2.05) is 49.0 Å². The van der Waals surface area contributed by atoms with Gasteiger partial charge in [0.15, 0.2) is 0 Å². The van der Waals surface area contributed by atoms with Crippen LogP contribution in [0.3, 0.4) is 0 Å². The molecule has 1 aliphatic rings. The first-order valence-electron chi connectivity index (χ1n) is 8.83. The number of H-pyrrole nitrogens is 1. The van der Waals surface area contributed by atoms with E-state index in [0.717, 1.165) is 36.0 Å². The largest absolute Gasteiger partial charge is 0.358 e. The maximum Gasteiger partial charge on any atom is 0.251 e. The van der Waals surface area contributed by atoms with Crippen molar-refractivity contribution in [2.45, 2.75) is 26.3 Å². The number of carbonyl (C=O) groups is 2. The van der Waals surface area contributed by atoms with E-state index in [1.54, 1.807) is 0 Å². The Hall–Kier alpha value is -2.34. The molecule has 2 aromatic rings. The van der Waals surface area contributed by atoms with Crippen LogP contribution in [-0.4, -0.2) is 60.3 Å². The average molecular weight is 342 g/mol. The van der Waals surface area contributed by atoms with E-state index in [1.165, 1.54) is 5.69 Å². The summed E-state index contributed by atoms with van der Waals surface area (Å²) in [5.74, 6) is 0.119. The normalized spacial score (nSPS) is 14.0. The number of fused-ring (bicyclic) bond motifs is 3. The number of rotatable bonds is 5. The monoisotopic (exact) mass is 342 g/mol. The molecule has 0 saturated carbocycles. The number of hydrogen-bond donors (Lipinski definition) is 2. The van der Waals surface area contributed by atoms with Crippen molar-refractivity contribution in [3.8, 4) is 0 Å². The van der Waals surface area contributed by atoms with Gasteiger partial charge in [0.1, 0.15) is 0 Å². The molecule has 0 bridgehead atoms. The van der Waals surface area contributed by atoms with Crippen molar-refractivity contribution in [1.82, 2.24) is 20.1 Å². The van der Waals surface area contributed by atoms with Crippen LogP contribution in [0.2, 0.25) is 0 Å². The van der Waals surface area contributed by atoms with E-state index in [2.05, 4.69) is 10.3 Å². The molecule has 2 amide bonds. The Balaban J connectivity index is 1.83. The van der Waals surface area contributed by atoms with Crippen molar-refractivity contribution in [3.05, 3.63) is 35.0 Å². The minimum Gasteiger partial charge on any atom is -0.358 e. The van der Waals surface area contributed by atoms with Crippen LogP contribution in [0.5, 0.6) is 0 Å². The summed E-state index contributed by atoms with van der Waals surface area (Å²) in [6.45, 7) is 4.69. The first-order chi connectivity index (χ1) is 12.0. The Morgan fingerprint density at radius 3 is 2.84 bits per heavy atom. The van der Waals surface area contributed by atoms with Crippen LogP contribution in [0.1, 0.15) is 35.0 Å². The highest BCUT2D eigenvalue weighted by Crippen LogP contribution is 2.28. The molecule has 134 valence electrons. The second-order valence-electron chi connectivity index (χ2n) is 6.82. The van der Waals surface area contributed by atoms with Gasteiger partial charge in [-0.1, -0.05) is 6.92 Å². The zero-order valence-corrected chi connectivity index (χ0v) is 15.2. The molecule has 0 atom stereocenters. The van der Waals surface area contributed by atoms with Crippen LogP contribution in [0.25, 0.3) is 10.9 Å². The standard InChI is InChI=1S/C19H26N4O2/c1-4-18(24)23-9-7-17-15(12-23)14-11-13(5-6-16(14)21-17)19(25)20-8-10-22(2)3/h5-6,11,21H,4,7-10,12H2,1-3H3,(H,20,25). The van der Waals surface area contributed by atoms with E-state index in [4.69, 9.17) is 0 Å². The smallest absolute Gasteiger partial charge is 0.251 e. The fourth-order valence-electron chi connectivity index (χ4n) is 3.29. The maximum absolute atomic E-state index is 12.4. The molecule has 6 nitrogen and oxygen atoms in total. The number of carbonyl (C=O) groups excluding carboxylic acids is 2. The van der Waals surface area contributed by atoms with E-state index < -0.39 is 0 Å². The van der Waals surface area contributed by atoms with Gasteiger partial charge in [0, 0.05) is 66.7 Å². The number of hydrogen-bond acceptors (Lipinski definition) is 3. The number of benzene rings is 1. The van der Waals surface area contributed by atoms with E-state index in [0.29, 0.717) is 25.1 Å². The van der Waals surface area contributed by atoms with Gasteiger partial charge >= 0.3 is 0 Å². The molecular weight excluding hydrogens is 316 g/mol. The molecule has 0 radical (unpaired) electrons. The first-order valence-corrected chi connectivity index (χ1v) is 8.83. The fourth-order valence-corrected chi connectivity index (χ4v) is 3.29. The van der Waals surface area contributed by atoms with Crippen molar-refractivity contribution in [1.29, 1.82) is 0 Å². The molecule has 1 aromatic carbocycles. The summed E-state index contributed by atoms with van der Waals surface area (Å²) in [7, 11) is 3.96. The number of amides is 2. The molecule has 0 spiro atoms. The topological polar surface area (TPSA) is 68.4 Å². The van der Waals surface area contributed by atoms with Gasteiger partial charge in [-0.3, -0.25) is 9.59 Å². The summed E-state index contributed by atoms with van der Waals surface area (Å²) in [5, 5.41) is 3.99. The lowest BCUT2D eigenvalue weighted by Gasteiger charge is -2.27. The van der Waals surface area contributed by atoms with Crippen LogP contribution < -0.4 is 5.32 Å². The maximum atomic E-state index is 12.4. The van der Waals surface area contributed by atoms with Gasteiger partial charge in [0.25, 0.3) is 5.91 Å². The first kappa shape index (κ1) is 17.5. The molecule has 3 rings (SSSR count). The van der Waals surface area contributed by atoms with Crippen LogP contribution in [0.4, 0.5) is 0 Å². The lowest BCUT2D eigenvalue weighted by atomic mass is 10.0. The van der Waals surface area contributed by atoms with Crippen LogP contribution in [-0.2, 0) is 17.8 Å². The summed E-state index contributed by atoms with van der Waals surface area (Å²) in [5.41, 5.74) is 4.01.